The van der Waals surface area contributed by atoms with Crippen LogP contribution in [0.25, 0.3) is 0 Å². The summed E-state index contributed by atoms with van der Waals surface area (Å²) in [7, 11) is 0. The van der Waals surface area contributed by atoms with Crippen molar-refractivity contribution in [1.82, 2.24) is 4.90 Å². The van der Waals surface area contributed by atoms with Gasteiger partial charge in [-0.05, 0) is 42.3 Å². The van der Waals surface area contributed by atoms with Crippen molar-refractivity contribution >= 4 is 34.9 Å². The first-order chi connectivity index (χ1) is 15.0. The molecule has 1 fully saturated rings. The molecule has 31 heavy (non-hydrogen) atoms. The van der Waals surface area contributed by atoms with Crippen LogP contribution in [0.4, 0.5) is 5.69 Å². The summed E-state index contributed by atoms with van der Waals surface area (Å²) in [5.41, 5.74) is 2.68. The van der Waals surface area contributed by atoms with Crippen LogP contribution in [0.15, 0.2) is 72.8 Å². The average molecular weight is 433 g/mol. The second kappa shape index (κ2) is 9.14. The predicted octanol–water partition coefficient (Wildman–Crippen LogP) is 4.95. The van der Waals surface area contributed by atoms with E-state index in [2.05, 4.69) is 5.32 Å². The van der Waals surface area contributed by atoms with Gasteiger partial charge in [0.25, 0.3) is 5.91 Å². The fourth-order valence-electron chi connectivity index (χ4n) is 3.61. The van der Waals surface area contributed by atoms with Gasteiger partial charge in [-0.3, -0.25) is 14.4 Å². The molecule has 5 nitrogen and oxygen atoms in total. The molecule has 0 aromatic heterocycles. The van der Waals surface area contributed by atoms with E-state index in [1.165, 1.54) is 0 Å². The molecular weight excluding hydrogens is 412 g/mol. The van der Waals surface area contributed by atoms with Crippen molar-refractivity contribution in [2.24, 2.45) is 0 Å². The highest BCUT2D eigenvalue weighted by Gasteiger charge is 2.20. The first kappa shape index (κ1) is 20.8. The molecule has 156 valence electrons. The van der Waals surface area contributed by atoms with Gasteiger partial charge in [0.1, 0.15) is 0 Å². The van der Waals surface area contributed by atoms with E-state index in [0.29, 0.717) is 40.4 Å². The number of rotatable bonds is 6. The molecular formula is C25H21ClN2O3. The quantitative estimate of drug-likeness (QED) is 0.560. The van der Waals surface area contributed by atoms with Crippen molar-refractivity contribution in [3.05, 3.63) is 100 Å². The number of carbonyl (C=O) groups is 3. The molecule has 1 heterocycles. The lowest BCUT2D eigenvalue weighted by Gasteiger charge is -2.15. The summed E-state index contributed by atoms with van der Waals surface area (Å²) < 4.78 is 0. The second-order valence-electron chi connectivity index (χ2n) is 7.45. The summed E-state index contributed by atoms with van der Waals surface area (Å²) in [5.74, 6) is -0.377. The summed E-state index contributed by atoms with van der Waals surface area (Å²) in [5, 5.41) is 3.24. The average Bonchev–Trinajstić information content (AvgIpc) is 3.19. The van der Waals surface area contributed by atoms with Crippen LogP contribution in [0.5, 0.6) is 0 Å². The number of hydrogen-bond donors (Lipinski definition) is 1. The minimum atomic E-state index is -0.326. The molecule has 0 atom stereocenters. The van der Waals surface area contributed by atoms with E-state index in [1.807, 2.05) is 23.1 Å². The van der Waals surface area contributed by atoms with Gasteiger partial charge in [-0.2, -0.15) is 0 Å². The Morgan fingerprint density at radius 3 is 2.35 bits per heavy atom. The van der Waals surface area contributed by atoms with Crippen LogP contribution < -0.4 is 5.32 Å². The molecule has 4 rings (SSSR count). The lowest BCUT2D eigenvalue weighted by Crippen LogP contribution is -2.23. The van der Waals surface area contributed by atoms with Gasteiger partial charge in [-0.15, -0.1) is 0 Å². The predicted molar refractivity (Wildman–Crippen MR) is 120 cm³/mol. The van der Waals surface area contributed by atoms with E-state index in [4.69, 9.17) is 11.6 Å². The highest BCUT2D eigenvalue weighted by molar-refractivity contribution is 6.31. The van der Waals surface area contributed by atoms with Crippen molar-refractivity contribution in [3.8, 4) is 0 Å². The fraction of sp³-hybridized carbons (Fsp3) is 0.160. The lowest BCUT2D eigenvalue weighted by molar-refractivity contribution is -0.128. The van der Waals surface area contributed by atoms with Gasteiger partial charge in [0.05, 0.1) is 5.69 Å². The lowest BCUT2D eigenvalue weighted by atomic mass is 10.0. The second-order valence-corrected chi connectivity index (χ2v) is 7.89. The third-order valence-electron chi connectivity index (χ3n) is 5.27. The molecule has 0 radical (unpaired) electrons. The maximum Gasteiger partial charge on any atom is 0.255 e. The maximum absolute atomic E-state index is 12.9. The Bertz CT molecular complexity index is 1130. The minimum Gasteiger partial charge on any atom is -0.338 e. The molecule has 1 aliphatic rings. The van der Waals surface area contributed by atoms with Crippen LogP contribution >= 0.6 is 11.6 Å². The molecule has 0 aliphatic carbocycles. The van der Waals surface area contributed by atoms with Gasteiger partial charge >= 0.3 is 0 Å². The molecule has 6 heteroatoms. The first-order valence-corrected chi connectivity index (χ1v) is 10.5. The van der Waals surface area contributed by atoms with Gasteiger partial charge in [0.15, 0.2) is 5.78 Å². The molecule has 0 unspecified atom stereocenters. The first-order valence-electron chi connectivity index (χ1n) is 10.1. The van der Waals surface area contributed by atoms with Gasteiger partial charge in [-0.25, -0.2) is 0 Å². The zero-order valence-electron chi connectivity index (χ0n) is 16.8. The Morgan fingerprint density at radius 2 is 1.68 bits per heavy atom. The number of carbonyl (C=O) groups excluding carboxylic acids is 3. The molecule has 0 spiro atoms. The number of nitrogens with one attached hydrogen (secondary N) is 1. The Labute approximate surface area is 185 Å². The number of hydrogen-bond acceptors (Lipinski definition) is 3. The molecule has 2 amide bonds. The third-order valence-corrected chi connectivity index (χ3v) is 5.51. The minimum absolute atomic E-state index is 0.167. The number of anilines is 1. The van der Waals surface area contributed by atoms with Crippen molar-refractivity contribution in [2.75, 3.05) is 11.9 Å². The molecule has 0 bridgehead atoms. The normalized spacial score (nSPS) is 13.3. The van der Waals surface area contributed by atoms with Crippen molar-refractivity contribution in [3.63, 3.8) is 0 Å². The zero-order chi connectivity index (χ0) is 21.8. The van der Waals surface area contributed by atoms with Crippen LogP contribution in [0.2, 0.25) is 5.02 Å². The summed E-state index contributed by atoms with van der Waals surface area (Å²) in [6.45, 7) is 1.32. The van der Waals surface area contributed by atoms with Gasteiger partial charge in [0, 0.05) is 41.2 Å². The SMILES string of the molecule is O=C(Nc1ccc(Cl)cc1C(=O)c1ccccc1)c1ccc(CN2CCCC2=O)cc1. The number of ketones is 1. The van der Waals surface area contributed by atoms with Gasteiger partial charge in [0.2, 0.25) is 5.91 Å². The summed E-state index contributed by atoms with van der Waals surface area (Å²) in [4.78, 5) is 39.3. The maximum atomic E-state index is 12.9. The van der Waals surface area contributed by atoms with E-state index in [-0.39, 0.29) is 17.6 Å². The number of benzene rings is 3. The van der Waals surface area contributed by atoms with Crippen LogP contribution in [0.1, 0.15) is 44.7 Å². The van der Waals surface area contributed by atoms with E-state index in [1.54, 1.807) is 54.6 Å². The molecule has 3 aromatic rings. The van der Waals surface area contributed by atoms with Gasteiger partial charge < -0.3 is 10.2 Å². The largest absolute Gasteiger partial charge is 0.338 e. The smallest absolute Gasteiger partial charge is 0.255 e. The summed E-state index contributed by atoms with van der Waals surface area (Å²) in [6, 6.07) is 20.8. The molecule has 0 saturated carbocycles. The molecule has 1 aliphatic heterocycles. The highest BCUT2D eigenvalue weighted by Crippen LogP contribution is 2.24. The van der Waals surface area contributed by atoms with Crippen molar-refractivity contribution in [1.29, 1.82) is 0 Å². The summed E-state index contributed by atoms with van der Waals surface area (Å²) >= 11 is 6.11. The molecule has 1 N–H and O–H groups in total. The standard InChI is InChI=1S/C25H21ClN2O3/c26-20-12-13-22(21(15-20)24(30)18-5-2-1-3-6-18)27-25(31)19-10-8-17(9-11-19)16-28-14-4-7-23(28)29/h1-3,5-6,8-13,15H,4,7,14,16H2,(H,27,31). The van der Waals surface area contributed by atoms with Crippen molar-refractivity contribution in [2.45, 2.75) is 19.4 Å². The monoisotopic (exact) mass is 432 g/mol. The fourth-order valence-corrected chi connectivity index (χ4v) is 3.78. The van der Waals surface area contributed by atoms with Crippen LogP contribution in [-0.2, 0) is 11.3 Å². The topological polar surface area (TPSA) is 66.5 Å². The van der Waals surface area contributed by atoms with Crippen molar-refractivity contribution < 1.29 is 14.4 Å². The van der Waals surface area contributed by atoms with E-state index in [9.17, 15) is 14.4 Å². The van der Waals surface area contributed by atoms with Crippen LogP contribution in [0.3, 0.4) is 0 Å². The number of likely N-dealkylation sites (tertiary alicyclic amines) is 1. The number of nitrogens with zero attached hydrogens (tertiary/aromatic N) is 1. The Morgan fingerprint density at radius 1 is 0.935 bits per heavy atom. The summed E-state index contributed by atoms with van der Waals surface area (Å²) in [6.07, 6.45) is 1.50. The molecule has 1 saturated heterocycles. The highest BCUT2D eigenvalue weighted by atomic mass is 35.5. The van der Waals surface area contributed by atoms with E-state index < -0.39 is 0 Å². The van der Waals surface area contributed by atoms with Crippen LogP contribution in [0, 0.1) is 0 Å². The van der Waals surface area contributed by atoms with Gasteiger partial charge in [-0.1, -0.05) is 54.1 Å². The Balaban J connectivity index is 1.51. The van der Waals surface area contributed by atoms with Crippen LogP contribution in [-0.4, -0.2) is 29.0 Å². The third kappa shape index (κ3) is 4.84. The zero-order valence-corrected chi connectivity index (χ0v) is 17.6. The van der Waals surface area contributed by atoms with E-state index in [0.717, 1.165) is 18.5 Å². The number of amides is 2. The Hall–Kier alpha value is -3.44. The Kier molecular flexibility index (Phi) is 6.14. The van der Waals surface area contributed by atoms with E-state index >= 15 is 0 Å². The number of halogens is 1. The molecule has 3 aromatic carbocycles.